The van der Waals surface area contributed by atoms with Crippen LogP contribution in [0.15, 0.2) is 30.3 Å². The zero-order valence-electron chi connectivity index (χ0n) is 14.0. The Balaban J connectivity index is 1.42. The van der Waals surface area contributed by atoms with Gasteiger partial charge in [0.2, 0.25) is 5.91 Å². The molecule has 1 saturated heterocycles. The molecule has 2 aliphatic rings. The van der Waals surface area contributed by atoms with E-state index in [1.165, 1.54) is 5.56 Å². The van der Waals surface area contributed by atoms with Gasteiger partial charge < -0.3 is 10.4 Å². The van der Waals surface area contributed by atoms with E-state index in [4.69, 9.17) is 0 Å². The van der Waals surface area contributed by atoms with Crippen molar-refractivity contribution in [3.05, 3.63) is 35.9 Å². The van der Waals surface area contributed by atoms with Crippen LogP contribution < -0.4 is 5.32 Å². The summed E-state index contributed by atoms with van der Waals surface area (Å²) < 4.78 is 0. The number of carbonyl (C=O) groups is 1. The van der Waals surface area contributed by atoms with Gasteiger partial charge in [0, 0.05) is 12.0 Å². The largest absolute Gasteiger partial charge is 0.393 e. The summed E-state index contributed by atoms with van der Waals surface area (Å²) in [5.41, 5.74) is 1.52. The van der Waals surface area contributed by atoms with Crippen molar-refractivity contribution in [2.75, 3.05) is 26.2 Å². The van der Waals surface area contributed by atoms with Crippen LogP contribution in [0.2, 0.25) is 0 Å². The van der Waals surface area contributed by atoms with Gasteiger partial charge in [-0.25, -0.2) is 0 Å². The Labute approximate surface area is 138 Å². The average molecular weight is 316 g/mol. The first kappa shape index (κ1) is 16.5. The zero-order valence-corrected chi connectivity index (χ0v) is 14.0. The van der Waals surface area contributed by atoms with Gasteiger partial charge in [-0.3, -0.25) is 9.69 Å². The van der Waals surface area contributed by atoms with Crippen molar-refractivity contribution >= 4 is 5.91 Å². The van der Waals surface area contributed by atoms with Gasteiger partial charge in [-0.15, -0.1) is 0 Å². The molecule has 0 aromatic heterocycles. The molecule has 2 fully saturated rings. The number of aliphatic hydroxyl groups excluding tert-OH is 1. The number of rotatable bonds is 6. The van der Waals surface area contributed by atoms with E-state index in [-0.39, 0.29) is 17.4 Å². The molecule has 1 atom stereocenters. The summed E-state index contributed by atoms with van der Waals surface area (Å²) in [6.45, 7) is 4.92. The van der Waals surface area contributed by atoms with E-state index >= 15 is 0 Å². The number of nitrogens with one attached hydrogen (secondary N) is 1. The Morgan fingerprint density at radius 2 is 1.96 bits per heavy atom. The number of piperidine rings is 1. The van der Waals surface area contributed by atoms with Gasteiger partial charge in [-0.2, -0.15) is 0 Å². The number of aliphatic hydroxyl groups is 1. The average Bonchev–Trinajstić information content (AvgIpc) is 3.36. The van der Waals surface area contributed by atoms with Crippen LogP contribution in [-0.4, -0.2) is 48.2 Å². The van der Waals surface area contributed by atoms with E-state index in [0.717, 1.165) is 45.3 Å². The smallest absolute Gasteiger partial charge is 0.234 e. The Hall–Kier alpha value is -1.39. The van der Waals surface area contributed by atoms with E-state index in [1.807, 2.05) is 13.0 Å². The lowest BCUT2D eigenvalue weighted by Gasteiger charge is -2.32. The number of likely N-dealkylation sites (tertiary alicyclic amines) is 1. The van der Waals surface area contributed by atoms with Crippen molar-refractivity contribution in [2.24, 2.45) is 5.92 Å². The predicted molar refractivity (Wildman–Crippen MR) is 91.2 cm³/mol. The number of hydrogen-bond donors (Lipinski definition) is 2. The third-order valence-electron chi connectivity index (χ3n) is 5.55. The number of carbonyl (C=O) groups excluding carboxylic acids is 1. The Morgan fingerprint density at radius 3 is 2.52 bits per heavy atom. The highest BCUT2D eigenvalue weighted by Gasteiger charge is 2.44. The van der Waals surface area contributed by atoms with Crippen molar-refractivity contribution < 1.29 is 9.90 Å². The lowest BCUT2D eigenvalue weighted by Crippen LogP contribution is -2.44. The first-order chi connectivity index (χ1) is 11.1. The third kappa shape index (κ3) is 4.12. The van der Waals surface area contributed by atoms with E-state index in [0.29, 0.717) is 12.5 Å². The van der Waals surface area contributed by atoms with Gasteiger partial charge in [0.15, 0.2) is 0 Å². The molecule has 1 aliphatic carbocycles. The highest BCUT2D eigenvalue weighted by molar-refractivity contribution is 5.78. The number of benzene rings is 1. The van der Waals surface area contributed by atoms with Gasteiger partial charge >= 0.3 is 0 Å². The molecule has 1 saturated carbocycles. The van der Waals surface area contributed by atoms with Gasteiger partial charge in [-0.05, 0) is 57.2 Å². The van der Waals surface area contributed by atoms with Crippen LogP contribution in [0.5, 0.6) is 0 Å². The van der Waals surface area contributed by atoms with Crippen molar-refractivity contribution in [1.29, 1.82) is 0 Å². The minimum Gasteiger partial charge on any atom is -0.393 e. The van der Waals surface area contributed by atoms with Crippen LogP contribution in [0.1, 0.15) is 38.2 Å². The highest BCUT2D eigenvalue weighted by atomic mass is 16.3. The molecular weight excluding hydrogens is 288 g/mol. The van der Waals surface area contributed by atoms with Gasteiger partial charge in [0.25, 0.3) is 0 Å². The molecule has 1 amide bonds. The number of nitrogens with zero attached hydrogens (tertiary/aromatic N) is 1. The minimum absolute atomic E-state index is 0.128. The second kappa shape index (κ2) is 7.02. The summed E-state index contributed by atoms with van der Waals surface area (Å²) in [6, 6.07) is 10.5. The lowest BCUT2D eigenvalue weighted by molar-refractivity contribution is -0.122. The second-order valence-electron chi connectivity index (χ2n) is 7.28. The fraction of sp³-hybridized carbons (Fsp3) is 0.632. The fourth-order valence-electron chi connectivity index (χ4n) is 3.63. The Kier molecular flexibility index (Phi) is 5.02. The maximum Gasteiger partial charge on any atom is 0.234 e. The maximum absolute atomic E-state index is 12.2. The van der Waals surface area contributed by atoms with Crippen LogP contribution >= 0.6 is 0 Å². The first-order valence-electron chi connectivity index (χ1n) is 8.82. The monoisotopic (exact) mass is 316 g/mol. The van der Waals surface area contributed by atoms with E-state index in [1.54, 1.807) is 0 Å². The molecule has 23 heavy (non-hydrogen) atoms. The van der Waals surface area contributed by atoms with Crippen LogP contribution in [0, 0.1) is 5.92 Å². The first-order valence-corrected chi connectivity index (χ1v) is 8.82. The summed E-state index contributed by atoms with van der Waals surface area (Å²) in [5.74, 6) is 0.518. The second-order valence-corrected chi connectivity index (χ2v) is 7.28. The molecular formula is C19H28N2O2. The molecule has 4 heteroatoms. The molecule has 1 aliphatic heterocycles. The van der Waals surface area contributed by atoms with E-state index < -0.39 is 0 Å². The minimum atomic E-state index is -0.230. The lowest BCUT2D eigenvalue weighted by atomic mass is 9.92. The van der Waals surface area contributed by atoms with E-state index in [2.05, 4.69) is 34.5 Å². The molecule has 1 heterocycles. The van der Waals surface area contributed by atoms with Gasteiger partial charge in [-0.1, -0.05) is 30.3 Å². The molecule has 1 aromatic carbocycles. The summed E-state index contributed by atoms with van der Waals surface area (Å²) in [7, 11) is 0. The molecule has 4 nitrogen and oxygen atoms in total. The molecule has 0 spiro atoms. The van der Waals surface area contributed by atoms with Gasteiger partial charge in [0.05, 0.1) is 12.6 Å². The van der Waals surface area contributed by atoms with Crippen molar-refractivity contribution in [1.82, 2.24) is 10.2 Å². The van der Waals surface area contributed by atoms with Crippen molar-refractivity contribution in [3.63, 3.8) is 0 Å². The SMILES string of the molecule is CC(O)C1CCN(CC(=O)NCC2(c3ccccc3)CC2)CC1. The van der Waals surface area contributed by atoms with Crippen LogP contribution in [0.4, 0.5) is 0 Å². The predicted octanol–water partition coefficient (Wildman–Crippen LogP) is 1.93. The zero-order chi connectivity index (χ0) is 16.3. The third-order valence-corrected chi connectivity index (χ3v) is 5.55. The van der Waals surface area contributed by atoms with Crippen molar-refractivity contribution in [3.8, 4) is 0 Å². The normalized spacial score (nSPS) is 22.5. The van der Waals surface area contributed by atoms with Crippen molar-refractivity contribution in [2.45, 2.75) is 44.1 Å². The molecule has 0 bridgehead atoms. The Morgan fingerprint density at radius 1 is 1.30 bits per heavy atom. The topological polar surface area (TPSA) is 52.6 Å². The van der Waals surface area contributed by atoms with Crippen LogP contribution in [-0.2, 0) is 10.2 Å². The molecule has 126 valence electrons. The summed E-state index contributed by atoms with van der Waals surface area (Å²) in [4.78, 5) is 14.4. The van der Waals surface area contributed by atoms with Gasteiger partial charge in [0.1, 0.15) is 0 Å². The molecule has 0 radical (unpaired) electrons. The van der Waals surface area contributed by atoms with Crippen LogP contribution in [0.25, 0.3) is 0 Å². The quantitative estimate of drug-likeness (QED) is 0.843. The highest BCUT2D eigenvalue weighted by Crippen LogP contribution is 2.47. The summed E-state index contributed by atoms with van der Waals surface area (Å²) in [6.07, 6.45) is 4.07. The Bertz CT molecular complexity index is 517. The molecule has 2 N–H and O–H groups in total. The molecule has 1 aromatic rings. The number of amides is 1. The fourth-order valence-corrected chi connectivity index (χ4v) is 3.63. The maximum atomic E-state index is 12.2. The standard InChI is InChI=1S/C19H28N2O2/c1-15(22)16-7-11-21(12-8-16)13-18(23)20-14-19(9-10-19)17-5-3-2-4-6-17/h2-6,15-16,22H,7-14H2,1H3,(H,20,23). The van der Waals surface area contributed by atoms with Crippen LogP contribution in [0.3, 0.4) is 0 Å². The number of hydrogen-bond acceptors (Lipinski definition) is 3. The van der Waals surface area contributed by atoms with E-state index in [9.17, 15) is 9.90 Å². The molecule has 1 unspecified atom stereocenters. The molecule has 3 rings (SSSR count). The summed E-state index contributed by atoms with van der Waals surface area (Å²) in [5, 5.41) is 12.8. The summed E-state index contributed by atoms with van der Waals surface area (Å²) >= 11 is 0.